The quantitative estimate of drug-likeness (QED) is 0.444. The molecule has 4 rings (SSSR count). The Hall–Kier alpha value is -3.66. The molecule has 1 unspecified atom stereocenters. The fourth-order valence-electron chi connectivity index (χ4n) is 3.88. The molecule has 1 saturated carbocycles. The zero-order valence-corrected chi connectivity index (χ0v) is 17.6. The number of anilines is 3. The number of halogens is 3. The normalized spacial score (nSPS) is 18.1. The van der Waals surface area contributed by atoms with E-state index >= 15 is 0 Å². The van der Waals surface area contributed by atoms with Crippen LogP contribution in [-0.4, -0.2) is 28.0 Å². The van der Waals surface area contributed by atoms with Crippen molar-refractivity contribution < 1.29 is 18.0 Å². The first-order valence-corrected chi connectivity index (χ1v) is 10.5. The molecular formula is C23H23F3N6O. The Bertz CT molecular complexity index is 1190. The zero-order valence-electron chi connectivity index (χ0n) is 17.6. The van der Waals surface area contributed by atoms with E-state index in [-0.39, 0.29) is 40.5 Å². The number of rotatable bonds is 6. The number of benzene rings is 1. The summed E-state index contributed by atoms with van der Waals surface area (Å²) in [5.41, 5.74) is 11.9. The van der Waals surface area contributed by atoms with Crippen LogP contribution in [0.4, 0.5) is 30.5 Å². The average molecular weight is 456 g/mol. The Morgan fingerprint density at radius 2 is 1.82 bits per heavy atom. The third kappa shape index (κ3) is 4.90. The van der Waals surface area contributed by atoms with Crippen molar-refractivity contribution in [3.05, 3.63) is 65.6 Å². The molecule has 0 spiro atoms. The predicted octanol–water partition coefficient (Wildman–Crippen LogP) is 4.09. The minimum Gasteiger partial charge on any atom is -0.365 e. The van der Waals surface area contributed by atoms with Crippen LogP contribution in [0, 0.1) is 17.5 Å². The predicted molar refractivity (Wildman–Crippen MR) is 119 cm³/mol. The largest absolute Gasteiger partial charge is 0.365 e. The van der Waals surface area contributed by atoms with E-state index in [0.29, 0.717) is 5.69 Å². The van der Waals surface area contributed by atoms with Gasteiger partial charge in [0.05, 0.1) is 11.3 Å². The minimum atomic E-state index is -1.03. The molecule has 172 valence electrons. The van der Waals surface area contributed by atoms with Crippen molar-refractivity contribution >= 4 is 23.2 Å². The van der Waals surface area contributed by atoms with Gasteiger partial charge in [0.25, 0.3) is 5.91 Å². The second-order valence-corrected chi connectivity index (χ2v) is 7.93. The standard InChI is InChI=1S/C23H23F3N6O/c24-15-5-3-4-13(20(15)26)19-10-12(8-9-29-19)30-22-14(21(28)33)11-16(25)23(32-22)31-18-7-2-1-6-17(18)27/h3-5,8-11,17-18H,1-2,6-7,27H2,(H2,28,33)(H2,29,30,31,32)/t17-,18?/m0/s1. The molecule has 0 aliphatic heterocycles. The fraction of sp³-hybridized carbons (Fsp3) is 0.261. The molecular weight excluding hydrogens is 433 g/mol. The Kier molecular flexibility index (Phi) is 6.45. The summed E-state index contributed by atoms with van der Waals surface area (Å²) in [5.74, 6) is -3.70. The highest BCUT2D eigenvalue weighted by Crippen LogP contribution is 2.29. The molecule has 2 heterocycles. The highest BCUT2D eigenvalue weighted by atomic mass is 19.2. The van der Waals surface area contributed by atoms with Crippen molar-refractivity contribution in [1.29, 1.82) is 0 Å². The van der Waals surface area contributed by atoms with Gasteiger partial charge in [-0.05, 0) is 43.2 Å². The SMILES string of the molecule is NC(=O)c1cc(F)c(NC2CCCC[C@@H]2N)nc1Nc1ccnc(-c2cccc(F)c2F)c1. The summed E-state index contributed by atoms with van der Waals surface area (Å²) in [4.78, 5) is 20.2. The van der Waals surface area contributed by atoms with E-state index in [4.69, 9.17) is 11.5 Å². The monoisotopic (exact) mass is 456 g/mol. The third-order valence-corrected chi connectivity index (χ3v) is 5.63. The van der Waals surface area contributed by atoms with E-state index < -0.39 is 23.4 Å². The van der Waals surface area contributed by atoms with Crippen LogP contribution < -0.4 is 22.1 Å². The molecule has 10 heteroatoms. The Labute approximate surface area is 188 Å². The van der Waals surface area contributed by atoms with Gasteiger partial charge in [0.1, 0.15) is 5.82 Å². The lowest BCUT2D eigenvalue weighted by molar-refractivity contribution is 0.100. The molecule has 1 fully saturated rings. The number of nitrogens with one attached hydrogen (secondary N) is 2. The molecule has 3 aromatic rings. The molecule has 0 saturated heterocycles. The molecule has 6 N–H and O–H groups in total. The molecule has 0 radical (unpaired) electrons. The van der Waals surface area contributed by atoms with Crippen LogP contribution in [0.1, 0.15) is 36.0 Å². The average Bonchev–Trinajstić information content (AvgIpc) is 2.79. The van der Waals surface area contributed by atoms with Gasteiger partial charge >= 0.3 is 0 Å². The number of amides is 1. The highest BCUT2D eigenvalue weighted by molar-refractivity contribution is 5.98. The summed E-state index contributed by atoms with van der Waals surface area (Å²) in [7, 11) is 0. The summed E-state index contributed by atoms with van der Waals surface area (Å²) >= 11 is 0. The number of carbonyl (C=O) groups excluding carboxylic acids is 1. The Morgan fingerprint density at radius 3 is 2.58 bits per heavy atom. The van der Waals surface area contributed by atoms with Gasteiger partial charge in [-0.25, -0.2) is 18.2 Å². The molecule has 1 amide bonds. The summed E-state index contributed by atoms with van der Waals surface area (Å²) in [6.45, 7) is 0. The topological polar surface area (TPSA) is 119 Å². The molecule has 1 aliphatic rings. The van der Waals surface area contributed by atoms with E-state index in [1.807, 2.05) is 0 Å². The second-order valence-electron chi connectivity index (χ2n) is 7.93. The molecule has 2 atom stereocenters. The van der Waals surface area contributed by atoms with E-state index in [9.17, 15) is 18.0 Å². The Balaban J connectivity index is 1.67. The van der Waals surface area contributed by atoms with Crippen LogP contribution >= 0.6 is 0 Å². The van der Waals surface area contributed by atoms with Crippen molar-refractivity contribution in [3.8, 4) is 11.3 Å². The lowest BCUT2D eigenvalue weighted by Crippen LogP contribution is -2.43. The number of carbonyl (C=O) groups is 1. The van der Waals surface area contributed by atoms with Crippen molar-refractivity contribution in [1.82, 2.24) is 9.97 Å². The maximum absolute atomic E-state index is 14.7. The number of primary amides is 1. The first-order valence-electron chi connectivity index (χ1n) is 10.5. The summed E-state index contributed by atoms with van der Waals surface area (Å²) in [6, 6.07) is 7.48. The number of hydrogen-bond acceptors (Lipinski definition) is 6. The minimum absolute atomic E-state index is 0.00708. The van der Waals surface area contributed by atoms with Gasteiger partial charge in [-0.15, -0.1) is 0 Å². The second kappa shape index (κ2) is 9.45. The van der Waals surface area contributed by atoms with Gasteiger partial charge in [-0.3, -0.25) is 9.78 Å². The molecule has 0 bridgehead atoms. The first-order chi connectivity index (χ1) is 15.8. The van der Waals surface area contributed by atoms with Gasteiger partial charge in [-0.1, -0.05) is 18.9 Å². The van der Waals surface area contributed by atoms with E-state index in [1.54, 1.807) is 6.07 Å². The maximum atomic E-state index is 14.7. The van der Waals surface area contributed by atoms with E-state index in [2.05, 4.69) is 20.6 Å². The smallest absolute Gasteiger partial charge is 0.252 e. The molecule has 33 heavy (non-hydrogen) atoms. The molecule has 1 aromatic carbocycles. The van der Waals surface area contributed by atoms with Gasteiger partial charge in [0.15, 0.2) is 23.3 Å². The number of hydrogen-bond donors (Lipinski definition) is 4. The molecule has 2 aromatic heterocycles. The fourth-order valence-corrected chi connectivity index (χ4v) is 3.88. The van der Waals surface area contributed by atoms with Crippen molar-refractivity contribution in [3.63, 3.8) is 0 Å². The number of nitrogens with zero attached hydrogens (tertiary/aromatic N) is 2. The lowest BCUT2D eigenvalue weighted by atomic mass is 9.91. The first kappa shape index (κ1) is 22.5. The molecule has 1 aliphatic carbocycles. The van der Waals surface area contributed by atoms with Gasteiger partial charge in [0, 0.05) is 29.5 Å². The van der Waals surface area contributed by atoms with Gasteiger partial charge in [0.2, 0.25) is 0 Å². The number of nitrogens with two attached hydrogens (primary N) is 2. The maximum Gasteiger partial charge on any atom is 0.252 e. The summed E-state index contributed by atoms with van der Waals surface area (Å²) in [5, 5.41) is 5.94. The summed E-state index contributed by atoms with van der Waals surface area (Å²) in [6.07, 6.45) is 4.96. The zero-order chi connectivity index (χ0) is 23.5. The third-order valence-electron chi connectivity index (χ3n) is 5.63. The van der Waals surface area contributed by atoms with E-state index in [0.717, 1.165) is 37.8 Å². The van der Waals surface area contributed by atoms with Crippen LogP contribution in [0.5, 0.6) is 0 Å². The Morgan fingerprint density at radius 1 is 1.03 bits per heavy atom. The lowest BCUT2D eigenvalue weighted by Gasteiger charge is -2.30. The number of pyridine rings is 2. The van der Waals surface area contributed by atoms with Crippen LogP contribution in [0.25, 0.3) is 11.3 Å². The summed E-state index contributed by atoms with van der Waals surface area (Å²) < 4.78 is 42.5. The molecule has 7 nitrogen and oxygen atoms in total. The van der Waals surface area contributed by atoms with Gasteiger partial charge in [-0.2, -0.15) is 0 Å². The number of aromatic nitrogens is 2. The van der Waals surface area contributed by atoms with Crippen molar-refractivity contribution in [2.24, 2.45) is 11.5 Å². The highest BCUT2D eigenvalue weighted by Gasteiger charge is 2.24. The van der Waals surface area contributed by atoms with Crippen molar-refractivity contribution in [2.75, 3.05) is 10.6 Å². The van der Waals surface area contributed by atoms with Crippen LogP contribution in [-0.2, 0) is 0 Å². The van der Waals surface area contributed by atoms with Crippen LogP contribution in [0.15, 0.2) is 42.6 Å². The van der Waals surface area contributed by atoms with Crippen LogP contribution in [0.3, 0.4) is 0 Å². The van der Waals surface area contributed by atoms with Gasteiger partial charge < -0.3 is 22.1 Å². The van der Waals surface area contributed by atoms with E-state index in [1.165, 1.54) is 24.4 Å². The van der Waals surface area contributed by atoms with Crippen LogP contribution in [0.2, 0.25) is 0 Å². The van der Waals surface area contributed by atoms with Crippen molar-refractivity contribution in [2.45, 2.75) is 37.8 Å².